The van der Waals surface area contributed by atoms with Crippen LogP contribution >= 0.6 is 0 Å². The van der Waals surface area contributed by atoms with Crippen LogP contribution in [0.25, 0.3) is 0 Å². The second-order valence-corrected chi connectivity index (χ2v) is 12.9. The standard InChI is InChI=1S/C28H41O2/c1-25(2,3)19-13-17(14-20(23(19)29)26(4,5)6)18-15-21(27(7,8)9)24(30)22(16-18)28(10,11)12/h13-16,23H,1-12H3. The minimum Gasteiger partial charge on any atom is -0.289 e. The Hall–Kier alpha value is -1.67. The molecule has 0 N–H and O–H groups in total. The van der Waals surface area contributed by atoms with Crippen LogP contribution in [0.2, 0.25) is 0 Å². The fourth-order valence-electron chi connectivity index (χ4n) is 3.99. The second kappa shape index (κ2) is 7.48. The fraction of sp³-hybridized carbons (Fsp3) is 0.607. The highest BCUT2D eigenvalue weighted by Gasteiger charge is 2.37. The molecule has 0 saturated carbocycles. The molecular weight excluding hydrogens is 368 g/mol. The lowest BCUT2D eigenvalue weighted by atomic mass is 9.68. The van der Waals surface area contributed by atoms with Gasteiger partial charge >= 0.3 is 0 Å². The summed E-state index contributed by atoms with van der Waals surface area (Å²) in [4.78, 5) is 13.3. The molecule has 0 saturated heterocycles. The van der Waals surface area contributed by atoms with Crippen molar-refractivity contribution in [2.75, 3.05) is 0 Å². The van der Waals surface area contributed by atoms with Crippen molar-refractivity contribution < 1.29 is 9.90 Å². The molecule has 2 heteroatoms. The van der Waals surface area contributed by atoms with E-state index in [2.05, 4.69) is 95.2 Å². The number of carbonyl (C=O) groups is 1. The Balaban J connectivity index is 2.90. The van der Waals surface area contributed by atoms with E-state index in [-0.39, 0.29) is 27.4 Å². The van der Waals surface area contributed by atoms with Crippen LogP contribution in [-0.4, -0.2) is 11.9 Å². The third-order valence-corrected chi connectivity index (χ3v) is 5.96. The zero-order chi connectivity index (χ0) is 23.4. The maximum absolute atomic E-state index is 13.4. The van der Waals surface area contributed by atoms with Gasteiger partial charge in [-0.2, -0.15) is 0 Å². The van der Waals surface area contributed by atoms with Crippen LogP contribution in [-0.2, 0) is 9.90 Å². The first-order valence-corrected chi connectivity index (χ1v) is 11.1. The van der Waals surface area contributed by atoms with Crippen LogP contribution in [0.1, 0.15) is 83.1 Å². The van der Waals surface area contributed by atoms with E-state index in [9.17, 15) is 9.90 Å². The second-order valence-electron chi connectivity index (χ2n) is 12.9. The highest BCUT2D eigenvalue weighted by Crippen LogP contribution is 2.44. The van der Waals surface area contributed by atoms with Gasteiger partial charge < -0.3 is 0 Å². The van der Waals surface area contributed by atoms with Gasteiger partial charge in [0.1, 0.15) is 6.10 Å². The number of allylic oxidation sites excluding steroid dienone is 8. The number of carbonyl (C=O) groups excluding carboxylic acids is 1. The highest BCUT2D eigenvalue weighted by atomic mass is 16.3. The van der Waals surface area contributed by atoms with Crippen molar-refractivity contribution in [3.63, 3.8) is 0 Å². The Morgan fingerprint density at radius 2 is 0.833 bits per heavy atom. The molecule has 0 fully saturated rings. The number of ketones is 1. The third kappa shape index (κ3) is 4.97. The van der Waals surface area contributed by atoms with Gasteiger partial charge in [0.2, 0.25) is 0 Å². The molecule has 0 atom stereocenters. The Labute approximate surface area is 184 Å². The van der Waals surface area contributed by atoms with Crippen LogP contribution < -0.4 is 0 Å². The molecule has 0 unspecified atom stereocenters. The summed E-state index contributed by atoms with van der Waals surface area (Å²) in [6.07, 6.45) is 7.41. The summed E-state index contributed by atoms with van der Waals surface area (Å²) in [5.74, 6) is 0.136. The van der Waals surface area contributed by atoms with E-state index in [1.165, 1.54) is 0 Å². The van der Waals surface area contributed by atoms with E-state index in [1.54, 1.807) is 0 Å². The molecule has 165 valence electrons. The van der Waals surface area contributed by atoms with E-state index < -0.39 is 6.10 Å². The fourth-order valence-corrected chi connectivity index (χ4v) is 3.99. The zero-order valence-electron chi connectivity index (χ0n) is 21.2. The van der Waals surface area contributed by atoms with Crippen LogP contribution in [0.5, 0.6) is 0 Å². The lowest BCUT2D eigenvalue weighted by molar-refractivity contribution is -0.114. The molecular formula is C28H41O2. The predicted molar refractivity (Wildman–Crippen MR) is 127 cm³/mol. The SMILES string of the molecule is CC(C)(C)C1=CC(=C2C=C(C(C)(C)C)C([O])C(C(C)(C)C)=C2)C=C(C(C)(C)C)C1=O. The third-order valence-electron chi connectivity index (χ3n) is 5.96. The van der Waals surface area contributed by atoms with Crippen LogP contribution in [0.3, 0.4) is 0 Å². The molecule has 0 amide bonds. The highest BCUT2D eigenvalue weighted by molar-refractivity contribution is 6.12. The molecule has 0 aromatic heterocycles. The minimum atomic E-state index is -0.836. The van der Waals surface area contributed by atoms with Crippen molar-refractivity contribution in [3.8, 4) is 0 Å². The van der Waals surface area contributed by atoms with Crippen molar-refractivity contribution in [3.05, 3.63) is 57.7 Å². The van der Waals surface area contributed by atoms with Gasteiger partial charge in [-0.3, -0.25) is 4.79 Å². The Morgan fingerprint density at radius 3 is 1.10 bits per heavy atom. The smallest absolute Gasteiger partial charge is 0.186 e. The van der Waals surface area contributed by atoms with Gasteiger partial charge in [0.15, 0.2) is 5.78 Å². The van der Waals surface area contributed by atoms with Crippen molar-refractivity contribution in [2.24, 2.45) is 21.7 Å². The Bertz CT molecular complexity index is 816. The van der Waals surface area contributed by atoms with Gasteiger partial charge in [0.25, 0.3) is 0 Å². The van der Waals surface area contributed by atoms with Gasteiger partial charge in [0, 0.05) is 11.1 Å². The molecule has 2 aliphatic rings. The lowest BCUT2D eigenvalue weighted by Crippen LogP contribution is -2.31. The summed E-state index contributed by atoms with van der Waals surface area (Å²) in [5.41, 5.74) is 4.59. The normalized spacial score (nSPS) is 21.9. The van der Waals surface area contributed by atoms with Gasteiger partial charge in [-0.15, -0.1) is 0 Å². The molecule has 1 radical (unpaired) electrons. The first-order chi connectivity index (χ1) is 13.2. The topological polar surface area (TPSA) is 37.0 Å². The van der Waals surface area contributed by atoms with Gasteiger partial charge in [-0.1, -0.05) is 95.2 Å². The number of hydrogen-bond donors (Lipinski definition) is 0. The molecule has 30 heavy (non-hydrogen) atoms. The molecule has 0 aromatic carbocycles. The van der Waals surface area contributed by atoms with Gasteiger partial charge in [-0.25, -0.2) is 5.11 Å². The van der Waals surface area contributed by atoms with E-state index in [0.717, 1.165) is 33.4 Å². The lowest BCUT2D eigenvalue weighted by Gasteiger charge is -2.37. The van der Waals surface area contributed by atoms with Crippen molar-refractivity contribution in [2.45, 2.75) is 89.2 Å². The van der Waals surface area contributed by atoms with E-state index in [4.69, 9.17) is 0 Å². The predicted octanol–water partition coefficient (Wildman–Crippen LogP) is 7.57. The minimum absolute atomic E-state index is 0.136. The summed E-state index contributed by atoms with van der Waals surface area (Å²) >= 11 is 0. The number of rotatable bonds is 0. The van der Waals surface area contributed by atoms with Crippen molar-refractivity contribution in [1.82, 2.24) is 0 Å². The Kier molecular flexibility index (Phi) is 6.13. The van der Waals surface area contributed by atoms with E-state index >= 15 is 0 Å². The molecule has 0 aliphatic heterocycles. The van der Waals surface area contributed by atoms with Crippen LogP contribution in [0, 0.1) is 21.7 Å². The average Bonchev–Trinajstić information content (AvgIpc) is 2.50. The molecule has 0 heterocycles. The maximum atomic E-state index is 13.4. The Morgan fingerprint density at radius 1 is 0.533 bits per heavy atom. The molecule has 2 rings (SSSR count). The van der Waals surface area contributed by atoms with Crippen molar-refractivity contribution >= 4 is 5.78 Å². The summed E-state index contributed by atoms with van der Waals surface area (Å²) in [5, 5.41) is 13.4. The molecule has 0 bridgehead atoms. The molecule has 0 aromatic rings. The monoisotopic (exact) mass is 409 g/mol. The van der Waals surface area contributed by atoms with Gasteiger partial charge in [-0.05, 0) is 56.1 Å². The molecule has 2 aliphatic carbocycles. The van der Waals surface area contributed by atoms with E-state index in [1.807, 2.05) is 12.2 Å². The number of hydrogen-bond acceptors (Lipinski definition) is 1. The summed E-state index contributed by atoms with van der Waals surface area (Å²) in [7, 11) is 0. The molecule has 0 spiro atoms. The van der Waals surface area contributed by atoms with Crippen molar-refractivity contribution in [1.29, 1.82) is 0 Å². The largest absolute Gasteiger partial charge is 0.289 e. The van der Waals surface area contributed by atoms with Crippen LogP contribution in [0.4, 0.5) is 0 Å². The quantitative estimate of drug-likeness (QED) is 0.406. The first-order valence-electron chi connectivity index (χ1n) is 11.1. The maximum Gasteiger partial charge on any atom is 0.186 e. The molecule has 2 nitrogen and oxygen atoms in total. The summed E-state index contributed by atoms with van der Waals surface area (Å²) in [6, 6.07) is 0. The van der Waals surface area contributed by atoms with Crippen LogP contribution in [0.15, 0.2) is 57.7 Å². The number of Topliss-reactive ketones (excluding diaryl/α,β-unsaturated/α-hetero) is 1. The summed E-state index contributed by atoms with van der Waals surface area (Å²) in [6.45, 7) is 25.2. The first kappa shape index (κ1) is 24.6. The summed E-state index contributed by atoms with van der Waals surface area (Å²) < 4.78 is 0. The average molecular weight is 410 g/mol. The van der Waals surface area contributed by atoms with E-state index in [0.29, 0.717) is 0 Å². The van der Waals surface area contributed by atoms with Gasteiger partial charge in [0.05, 0.1) is 0 Å². The zero-order valence-corrected chi connectivity index (χ0v) is 21.2.